The molecule has 158 valence electrons. The van der Waals surface area contributed by atoms with E-state index < -0.39 is 0 Å². The number of hydrogen-bond acceptors (Lipinski definition) is 3. The highest BCUT2D eigenvalue weighted by atomic mass is 16.5. The predicted octanol–water partition coefficient (Wildman–Crippen LogP) is 5.16. The van der Waals surface area contributed by atoms with Crippen molar-refractivity contribution >= 4 is 11.6 Å². The topological polar surface area (TPSA) is 56.1 Å². The first-order valence-electron chi connectivity index (χ1n) is 10.5. The highest BCUT2D eigenvalue weighted by Crippen LogP contribution is 2.22. The molecule has 0 spiro atoms. The van der Waals surface area contributed by atoms with Crippen LogP contribution < -0.4 is 10.1 Å². The number of aryl methyl sites for hydroxylation is 2. The van der Waals surface area contributed by atoms with Crippen LogP contribution in [0.15, 0.2) is 48.5 Å². The molecule has 0 fully saturated rings. The van der Waals surface area contributed by atoms with Crippen molar-refractivity contribution in [3.05, 3.63) is 76.6 Å². The summed E-state index contributed by atoms with van der Waals surface area (Å²) in [6.07, 6.45) is 1.93. The molecule has 1 aromatic heterocycles. The Morgan fingerprint density at radius 2 is 1.77 bits per heavy atom. The SMILES string of the molecule is CCC(C)c1ccc(OCC(=O)Nc2ccc(Cc3c(C)nn(C)c3C)cc2)cc1. The largest absolute Gasteiger partial charge is 0.484 e. The van der Waals surface area contributed by atoms with Crippen LogP contribution in [-0.2, 0) is 18.3 Å². The van der Waals surface area contributed by atoms with Crippen molar-refractivity contribution in [2.75, 3.05) is 11.9 Å². The van der Waals surface area contributed by atoms with Crippen LogP contribution in [-0.4, -0.2) is 22.3 Å². The number of aromatic nitrogens is 2. The summed E-state index contributed by atoms with van der Waals surface area (Å²) in [6.45, 7) is 8.48. The van der Waals surface area contributed by atoms with Gasteiger partial charge in [-0.3, -0.25) is 9.48 Å². The van der Waals surface area contributed by atoms with Gasteiger partial charge in [0.1, 0.15) is 5.75 Å². The third-order valence-electron chi connectivity index (χ3n) is 5.71. The molecular formula is C25H31N3O2. The van der Waals surface area contributed by atoms with Crippen LogP contribution in [0.1, 0.15) is 54.3 Å². The average molecular weight is 406 g/mol. The van der Waals surface area contributed by atoms with E-state index in [0.29, 0.717) is 11.7 Å². The zero-order valence-electron chi connectivity index (χ0n) is 18.5. The molecule has 0 saturated carbocycles. The Kier molecular flexibility index (Phi) is 6.93. The molecule has 5 heteroatoms. The molecule has 1 N–H and O–H groups in total. The van der Waals surface area contributed by atoms with Gasteiger partial charge in [0.15, 0.2) is 6.61 Å². The first-order chi connectivity index (χ1) is 14.4. The minimum atomic E-state index is -0.173. The molecule has 1 heterocycles. The van der Waals surface area contributed by atoms with Gasteiger partial charge in [-0.1, -0.05) is 38.1 Å². The maximum Gasteiger partial charge on any atom is 0.262 e. The van der Waals surface area contributed by atoms with Crippen LogP contribution in [0.4, 0.5) is 5.69 Å². The van der Waals surface area contributed by atoms with Gasteiger partial charge in [-0.2, -0.15) is 5.10 Å². The molecule has 0 aliphatic carbocycles. The first-order valence-corrected chi connectivity index (χ1v) is 10.5. The van der Waals surface area contributed by atoms with Gasteiger partial charge < -0.3 is 10.1 Å². The van der Waals surface area contributed by atoms with Gasteiger partial charge in [0.05, 0.1) is 5.69 Å². The molecule has 1 unspecified atom stereocenters. The lowest BCUT2D eigenvalue weighted by atomic mass is 9.99. The molecule has 3 rings (SSSR count). The predicted molar refractivity (Wildman–Crippen MR) is 121 cm³/mol. The summed E-state index contributed by atoms with van der Waals surface area (Å²) in [5.74, 6) is 1.05. The van der Waals surface area contributed by atoms with Gasteiger partial charge in [0.2, 0.25) is 0 Å². The number of carbonyl (C=O) groups excluding carboxylic acids is 1. The van der Waals surface area contributed by atoms with Crippen molar-refractivity contribution in [2.45, 2.75) is 46.5 Å². The second-order valence-electron chi connectivity index (χ2n) is 7.86. The molecular weight excluding hydrogens is 374 g/mol. The van der Waals surface area contributed by atoms with E-state index in [1.165, 1.54) is 22.4 Å². The average Bonchev–Trinajstić information content (AvgIpc) is 2.99. The second-order valence-corrected chi connectivity index (χ2v) is 7.86. The third kappa shape index (κ3) is 5.29. The maximum absolute atomic E-state index is 12.2. The lowest BCUT2D eigenvalue weighted by Crippen LogP contribution is -2.20. The number of hydrogen-bond donors (Lipinski definition) is 1. The van der Waals surface area contributed by atoms with Crippen molar-refractivity contribution in [1.29, 1.82) is 0 Å². The fourth-order valence-corrected chi connectivity index (χ4v) is 3.46. The number of ether oxygens (including phenoxy) is 1. The lowest BCUT2D eigenvalue weighted by molar-refractivity contribution is -0.118. The molecule has 0 aliphatic rings. The Labute approximate surface area is 179 Å². The van der Waals surface area contributed by atoms with Crippen molar-refractivity contribution in [3.63, 3.8) is 0 Å². The van der Waals surface area contributed by atoms with Crippen LogP contribution in [0, 0.1) is 13.8 Å². The van der Waals surface area contributed by atoms with Gasteiger partial charge in [-0.15, -0.1) is 0 Å². The van der Waals surface area contributed by atoms with Crippen molar-refractivity contribution < 1.29 is 9.53 Å². The van der Waals surface area contributed by atoms with Crippen molar-refractivity contribution in [1.82, 2.24) is 9.78 Å². The second kappa shape index (κ2) is 9.61. The molecule has 0 radical (unpaired) electrons. The Morgan fingerprint density at radius 1 is 1.10 bits per heavy atom. The summed E-state index contributed by atoms with van der Waals surface area (Å²) >= 11 is 0. The van der Waals surface area contributed by atoms with Crippen molar-refractivity contribution in [3.8, 4) is 5.75 Å². The summed E-state index contributed by atoms with van der Waals surface area (Å²) in [4.78, 5) is 12.2. The summed E-state index contributed by atoms with van der Waals surface area (Å²) in [5, 5.41) is 7.36. The number of nitrogens with zero attached hydrogens (tertiary/aromatic N) is 2. The number of anilines is 1. The van der Waals surface area contributed by atoms with E-state index in [0.717, 1.165) is 24.2 Å². The number of carbonyl (C=O) groups is 1. The molecule has 1 amide bonds. The Morgan fingerprint density at radius 3 is 2.33 bits per heavy atom. The molecule has 0 bridgehead atoms. The Hall–Kier alpha value is -3.08. The van der Waals surface area contributed by atoms with Crippen LogP contribution in [0.2, 0.25) is 0 Å². The maximum atomic E-state index is 12.2. The number of nitrogens with one attached hydrogen (secondary N) is 1. The summed E-state index contributed by atoms with van der Waals surface area (Å²) in [7, 11) is 1.96. The zero-order valence-corrected chi connectivity index (χ0v) is 18.5. The third-order valence-corrected chi connectivity index (χ3v) is 5.71. The molecule has 2 aromatic carbocycles. The van der Waals surface area contributed by atoms with E-state index in [1.807, 2.05) is 55.1 Å². The van der Waals surface area contributed by atoms with Gasteiger partial charge in [-0.05, 0) is 61.6 Å². The fraction of sp³-hybridized carbons (Fsp3) is 0.360. The number of rotatable bonds is 8. The quantitative estimate of drug-likeness (QED) is 0.563. The van der Waals surface area contributed by atoms with Gasteiger partial charge in [0.25, 0.3) is 5.91 Å². The lowest BCUT2D eigenvalue weighted by Gasteiger charge is -2.11. The van der Waals surface area contributed by atoms with E-state index in [9.17, 15) is 4.79 Å². The molecule has 5 nitrogen and oxygen atoms in total. The van der Waals surface area contributed by atoms with E-state index in [-0.39, 0.29) is 12.5 Å². The highest BCUT2D eigenvalue weighted by Gasteiger charge is 2.10. The van der Waals surface area contributed by atoms with E-state index in [4.69, 9.17) is 4.74 Å². The normalized spacial score (nSPS) is 11.9. The smallest absolute Gasteiger partial charge is 0.262 e. The summed E-state index contributed by atoms with van der Waals surface area (Å²) in [6, 6.07) is 15.9. The summed E-state index contributed by atoms with van der Waals surface area (Å²) < 4.78 is 7.53. The standard InChI is InChI=1S/C25H31N3O2/c1-6-17(2)21-9-13-23(14-10-21)30-16-25(29)26-22-11-7-20(8-12-22)15-24-18(3)27-28(5)19(24)4/h7-14,17H,6,15-16H2,1-5H3,(H,26,29). The molecule has 1 atom stereocenters. The van der Waals surface area contributed by atoms with Crippen LogP contribution >= 0.6 is 0 Å². The monoisotopic (exact) mass is 405 g/mol. The minimum absolute atomic E-state index is 0.0154. The van der Waals surface area contributed by atoms with Gasteiger partial charge >= 0.3 is 0 Å². The fourth-order valence-electron chi connectivity index (χ4n) is 3.46. The Balaban J connectivity index is 1.52. The van der Waals surface area contributed by atoms with E-state index in [1.54, 1.807) is 0 Å². The first kappa shape index (κ1) is 21.6. The number of amides is 1. The van der Waals surface area contributed by atoms with Crippen LogP contribution in [0.25, 0.3) is 0 Å². The molecule has 0 aliphatic heterocycles. The minimum Gasteiger partial charge on any atom is -0.484 e. The molecule has 30 heavy (non-hydrogen) atoms. The Bertz CT molecular complexity index is 988. The number of benzene rings is 2. The van der Waals surface area contributed by atoms with E-state index >= 15 is 0 Å². The summed E-state index contributed by atoms with van der Waals surface area (Å²) in [5.41, 5.74) is 6.72. The van der Waals surface area contributed by atoms with Gasteiger partial charge in [-0.25, -0.2) is 0 Å². The zero-order chi connectivity index (χ0) is 21.7. The molecule has 3 aromatic rings. The van der Waals surface area contributed by atoms with Crippen molar-refractivity contribution in [2.24, 2.45) is 7.05 Å². The van der Waals surface area contributed by atoms with Crippen LogP contribution in [0.3, 0.4) is 0 Å². The molecule has 0 saturated heterocycles. The van der Waals surface area contributed by atoms with Crippen LogP contribution in [0.5, 0.6) is 5.75 Å². The van der Waals surface area contributed by atoms with Gasteiger partial charge in [0, 0.05) is 30.4 Å². The highest BCUT2D eigenvalue weighted by molar-refractivity contribution is 5.91. The van der Waals surface area contributed by atoms with E-state index in [2.05, 4.69) is 43.3 Å².